The molecule has 0 spiro atoms. The second-order valence-electron chi connectivity index (χ2n) is 3.01. The highest BCUT2D eigenvalue weighted by Gasteiger charge is 2.16. The van der Waals surface area contributed by atoms with Crippen LogP contribution in [0.3, 0.4) is 0 Å². The summed E-state index contributed by atoms with van der Waals surface area (Å²) in [7, 11) is 0. The van der Waals surface area contributed by atoms with Crippen molar-refractivity contribution >= 4 is 18.2 Å². The van der Waals surface area contributed by atoms with Gasteiger partial charge in [-0.3, -0.25) is 0 Å². The number of anilines is 1. The van der Waals surface area contributed by atoms with Crippen LogP contribution in [0.2, 0.25) is 0 Å². The number of nitrogen functional groups attached to an aromatic ring is 1. The molecule has 0 radical (unpaired) electrons. The van der Waals surface area contributed by atoms with Crippen LogP contribution in [0, 0.1) is 0 Å². The highest BCUT2D eigenvalue weighted by Crippen LogP contribution is 2.12. The molecule has 0 bridgehead atoms. The summed E-state index contributed by atoms with van der Waals surface area (Å²) < 4.78 is 5.56. The van der Waals surface area contributed by atoms with Gasteiger partial charge in [-0.1, -0.05) is 0 Å². The van der Waals surface area contributed by atoms with Gasteiger partial charge in [-0.05, 0) is 13.0 Å². The number of halogens is 1. The molecule has 1 aromatic heterocycles. The predicted octanol–water partition coefficient (Wildman–Crippen LogP) is 0.221. The normalized spacial score (nSPS) is 20.1. The Labute approximate surface area is 88.5 Å². The highest BCUT2D eigenvalue weighted by molar-refractivity contribution is 5.85. The number of hydrogen-bond acceptors (Lipinski definition) is 5. The molecular weight excluding hydrogens is 204 g/mol. The van der Waals surface area contributed by atoms with Gasteiger partial charge in [-0.25, -0.2) is 9.97 Å². The zero-order chi connectivity index (χ0) is 9.10. The van der Waals surface area contributed by atoms with Crippen LogP contribution in [0.25, 0.3) is 0 Å². The maximum Gasteiger partial charge on any atom is 0.218 e. The number of rotatable bonds is 2. The fraction of sp³-hybridized carbons (Fsp3) is 0.500. The molecule has 1 aliphatic heterocycles. The zero-order valence-electron chi connectivity index (χ0n) is 7.64. The van der Waals surface area contributed by atoms with Gasteiger partial charge in [-0.2, -0.15) is 0 Å². The lowest BCUT2D eigenvalue weighted by molar-refractivity contribution is 0.214. The predicted molar refractivity (Wildman–Crippen MR) is 55.6 cm³/mol. The SMILES string of the molecule is Cl.Nc1cc(O[C@@H]2CCNC2)ncn1. The van der Waals surface area contributed by atoms with Crippen LogP contribution in [-0.2, 0) is 0 Å². The molecule has 1 atom stereocenters. The second kappa shape index (κ2) is 4.97. The molecule has 0 aliphatic carbocycles. The molecule has 1 aromatic rings. The van der Waals surface area contributed by atoms with Crippen LogP contribution in [0.5, 0.6) is 5.88 Å². The zero-order valence-corrected chi connectivity index (χ0v) is 8.46. The molecule has 5 nitrogen and oxygen atoms in total. The van der Waals surface area contributed by atoms with Crippen molar-refractivity contribution < 1.29 is 4.74 Å². The molecule has 0 aromatic carbocycles. The van der Waals surface area contributed by atoms with Crippen LogP contribution in [0.1, 0.15) is 6.42 Å². The molecular formula is C8H13ClN4O. The molecule has 1 aliphatic rings. The summed E-state index contributed by atoms with van der Waals surface area (Å²) in [5.41, 5.74) is 5.49. The van der Waals surface area contributed by atoms with Gasteiger partial charge in [-0.15, -0.1) is 12.4 Å². The van der Waals surface area contributed by atoms with Gasteiger partial charge >= 0.3 is 0 Å². The summed E-state index contributed by atoms with van der Waals surface area (Å²) in [4.78, 5) is 7.75. The molecule has 1 saturated heterocycles. The van der Waals surface area contributed by atoms with E-state index in [-0.39, 0.29) is 18.5 Å². The summed E-state index contributed by atoms with van der Waals surface area (Å²) in [6.07, 6.45) is 2.64. The third kappa shape index (κ3) is 2.71. The van der Waals surface area contributed by atoms with Gasteiger partial charge in [0, 0.05) is 12.6 Å². The maximum absolute atomic E-state index is 5.56. The lowest BCUT2D eigenvalue weighted by Crippen LogP contribution is -2.20. The standard InChI is InChI=1S/C8H12N4O.ClH/c9-7-3-8(12-5-11-7)13-6-1-2-10-4-6;/h3,5-6,10H,1-2,4H2,(H2,9,11,12);1H/t6-;/m1./s1. The number of nitrogens with zero attached hydrogens (tertiary/aromatic N) is 2. The Bertz CT molecular complexity index is 290. The number of hydrogen-bond donors (Lipinski definition) is 2. The lowest BCUT2D eigenvalue weighted by Gasteiger charge is -2.10. The Morgan fingerprint density at radius 3 is 3.00 bits per heavy atom. The third-order valence-electron chi connectivity index (χ3n) is 1.97. The minimum atomic E-state index is 0. The molecule has 2 rings (SSSR count). The van der Waals surface area contributed by atoms with Crippen LogP contribution in [-0.4, -0.2) is 29.2 Å². The van der Waals surface area contributed by atoms with E-state index in [1.807, 2.05) is 0 Å². The molecule has 78 valence electrons. The Balaban J connectivity index is 0.000000980. The molecule has 1 fully saturated rings. The fourth-order valence-electron chi connectivity index (χ4n) is 1.32. The second-order valence-corrected chi connectivity index (χ2v) is 3.01. The quantitative estimate of drug-likeness (QED) is 0.740. The first-order valence-electron chi connectivity index (χ1n) is 4.29. The van der Waals surface area contributed by atoms with Gasteiger partial charge in [0.2, 0.25) is 5.88 Å². The smallest absolute Gasteiger partial charge is 0.218 e. The first kappa shape index (κ1) is 11.0. The molecule has 3 N–H and O–H groups in total. The summed E-state index contributed by atoms with van der Waals surface area (Å²) >= 11 is 0. The van der Waals surface area contributed by atoms with Crippen molar-refractivity contribution in [3.63, 3.8) is 0 Å². The van der Waals surface area contributed by atoms with Crippen molar-refractivity contribution in [1.82, 2.24) is 15.3 Å². The van der Waals surface area contributed by atoms with E-state index in [1.54, 1.807) is 6.07 Å². The number of ether oxygens (including phenoxy) is 1. The first-order valence-corrected chi connectivity index (χ1v) is 4.29. The fourth-order valence-corrected chi connectivity index (χ4v) is 1.32. The average Bonchev–Trinajstić information content (AvgIpc) is 2.57. The Morgan fingerprint density at radius 2 is 2.36 bits per heavy atom. The molecule has 6 heteroatoms. The number of aromatic nitrogens is 2. The van der Waals surface area contributed by atoms with Crippen LogP contribution in [0.15, 0.2) is 12.4 Å². The van der Waals surface area contributed by atoms with E-state index in [0.29, 0.717) is 11.7 Å². The first-order chi connectivity index (χ1) is 6.34. The van der Waals surface area contributed by atoms with Gasteiger partial charge in [0.25, 0.3) is 0 Å². The van der Waals surface area contributed by atoms with Gasteiger partial charge in [0.1, 0.15) is 18.2 Å². The lowest BCUT2D eigenvalue weighted by atomic mass is 10.3. The van der Waals surface area contributed by atoms with E-state index in [4.69, 9.17) is 10.5 Å². The molecule has 0 unspecified atom stereocenters. The van der Waals surface area contributed by atoms with Crippen molar-refractivity contribution in [1.29, 1.82) is 0 Å². The summed E-state index contributed by atoms with van der Waals surface area (Å²) in [5.74, 6) is 0.997. The Morgan fingerprint density at radius 1 is 1.50 bits per heavy atom. The van der Waals surface area contributed by atoms with Crippen LogP contribution >= 0.6 is 12.4 Å². The van der Waals surface area contributed by atoms with Crippen LogP contribution < -0.4 is 15.8 Å². The maximum atomic E-state index is 5.56. The van der Waals surface area contributed by atoms with E-state index >= 15 is 0 Å². The third-order valence-corrected chi connectivity index (χ3v) is 1.97. The average molecular weight is 217 g/mol. The topological polar surface area (TPSA) is 73.1 Å². The van der Waals surface area contributed by atoms with E-state index in [9.17, 15) is 0 Å². The van der Waals surface area contributed by atoms with E-state index in [2.05, 4.69) is 15.3 Å². The number of nitrogens with one attached hydrogen (secondary N) is 1. The largest absolute Gasteiger partial charge is 0.473 e. The van der Waals surface area contributed by atoms with E-state index in [1.165, 1.54) is 6.33 Å². The molecule has 14 heavy (non-hydrogen) atoms. The minimum Gasteiger partial charge on any atom is -0.473 e. The monoisotopic (exact) mass is 216 g/mol. The summed E-state index contributed by atoms with van der Waals surface area (Å²) in [6, 6.07) is 1.64. The summed E-state index contributed by atoms with van der Waals surface area (Å²) in [6.45, 7) is 1.88. The van der Waals surface area contributed by atoms with Gasteiger partial charge in [0.15, 0.2) is 0 Å². The van der Waals surface area contributed by atoms with E-state index < -0.39 is 0 Å². The van der Waals surface area contributed by atoms with Crippen molar-refractivity contribution in [3.8, 4) is 5.88 Å². The molecule has 0 saturated carbocycles. The summed E-state index contributed by atoms with van der Waals surface area (Å²) in [5, 5.41) is 3.21. The Hall–Kier alpha value is -1.07. The number of nitrogens with two attached hydrogens (primary N) is 1. The van der Waals surface area contributed by atoms with Crippen LogP contribution in [0.4, 0.5) is 5.82 Å². The van der Waals surface area contributed by atoms with Crippen molar-refractivity contribution in [2.75, 3.05) is 18.8 Å². The minimum absolute atomic E-state index is 0. The molecule has 2 heterocycles. The van der Waals surface area contributed by atoms with Gasteiger partial charge < -0.3 is 15.8 Å². The van der Waals surface area contributed by atoms with Crippen molar-refractivity contribution in [2.24, 2.45) is 0 Å². The van der Waals surface area contributed by atoms with Gasteiger partial charge in [0.05, 0.1) is 0 Å². The Kier molecular flexibility index (Phi) is 3.91. The molecule has 0 amide bonds. The van der Waals surface area contributed by atoms with E-state index in [0.717, 1.165) is 19.5 Å². The van der Waals surface area contributed by atoms with Crippen molar-refractivity contribution in [2.45, 2.75) is 12.5 Å². The highest BCUT2D eigenvalue weighted by atomic mass is 35.5. The van der Waals surface area contributed by atoms with Crippen molar-refractivity contribution in [3.05, 3.63) is 12.4 Å².